The molecule has 2 heterocycles. The number of ether oxygens (including phenoxy) is 2. The molecule has 0 saturated carbocycles. The summed E-state index contributed by atoms with van der Waals surface area (Å²) in [5.41, 5.74) is 1.31. The summed E-state index contributed by atoms with van der Waals surface area (Å²) in [5.74, 6) is 0.249. The van der Waals surface area contributed by atoms with Crippen LogP contribution < -0.4 is 0 Å². The first-order valence-electron chi connectivity index (χ1n) is 8.91. The van der Waals surface area contributed by atoms with E-state index in [4.69, 9.17) is 21.1 Å². The van der Waals surface area contributed by atoms with Crippen LogP contribution >= 0.6 is 11.6 Å². The normalized spacial score (nSPS) is 24.4. The highest BCUT2D eigenvalue weighted by molar-refractivity contribution is 6.30. The second-order valence-electron chi connectivity index (χ2n) is 7.86. The highest BCUT2D eigenvalue weighted by Gasteiger charge is 2.42. The average Bonchev–Trinajstić information content (AvgIpc) is 3.07. The number of hydrogen-bond acceptors (Lipinski definition) is 3. The Morgan fingerprint density at radius 3 is 2.68 bits per heavy atom. The third-order valence-electron chi connectivity index (χ3n) is 4.77. The maximum absolute atomic E-state index is 6.55. The lowest BCUT2D eigenvalue weighted by Gasteiger charge is -2.45. The van der Waals surface area contributed by atoms with Crippen LogP contribution in [0, 0.1) is 5.41 Å². The second-order valence-corrected chi connectivity index (χ2v) is 8.30. The number of aromatic amines is 1. The Morgan fingerprint density at radius 1 is 1.28 bits per heavy atom. The van der Waals surface area contributed by atoms with Gasteiger partial charge in [-0.2, -0.15) is 0 Å². The van der Waals surface area contributed by atoms with Crippen molar-refractivity contribution in [1.29, 1.82) is 0 Å². The molecule has 0 aliphatic carbocycles. The zero-order valence-electron chi connectivity index (χ0n) is 15.2. The minimum absolute atomic E-state index is 0.0818. The lowest BCUT2D eigenvalue weighted by atomic mass is 9.85. The summed E-state index contributed by atoms with van der Waals surface area (Å²) in [4.78, 5) is 7.56. The zero-order chi connectivity index (χ0) is 17.9. The summed E-state index contributed by atoms with van der Waals surface area (Å²) in [5, 5.41) is 0.756. The Morgan fingerprint density at radius 2 is 2.04 bits per heavy atom. The standard InChI is InChI=1S/C20H27ClN2O2/c1-19(2,3)17-9-13-24-20(25-17,14-18-22-11-12-23-18)10-8-15-4-6-16(21)7-5-15/h4-7,11-12,17H,8-10,13-14H2,1-3H3,(H,22,23). The van der Waals surface area contributed by atoms with E-state index >= 15 is 0 Å². The number of H-pyrrole nitrogens is 1. The molecule has 0 amide bonds. The van der Waals surface area contributed by atoms with Gasteiger partial charge in [-0.05, 0) is 36.0 Å². The maximum atomic E-state index is 6.55. The number of aryl methyl sites for hydroxylation is 1. The third kappa shape index (κ3) is 4.84. The van der Waals surface area contributed by atoms with E-state index in [1.54, 1.807) is 6.20 Å². The van der Waals surface area contributed by atoms with Gasteiger partial charge in [0, 0.05) is 23.8 Å². The van der Waals surface area contributed by atoms with Gasteiger partial charge in [0.2, 0.25) is 0 Å². The summed E-state index contributed by atoms with van der Waals surface area (Å²) in [6.45, 7) is 7.38. The molecule has 25 heavy (non-hydrogen) atoms. The van der Waals surface area contributed by atoms with Crippen molar-refractivity contribution in [3.63, 3.8) is 0 Å². The summed E-state index contributed by atoms with van der Waals surface area (Å²) < 4.78 is 12.8. The van der Waals surface area contributed by atoms with Gasteiger partial charge in [0.05, 0.1) is 19.1 Å². The van der Waals surface area contributed by atoms with Crippen LogP contribution in [0.25, 0.3) is 0 Å². The molecule has 1 aliphatic heterocycles. The van der Waals surface area contributed by atoms with Crippen LogP contribution in [-0.2, 0) is 22.3 Å². The monoisotopic (exact) mass is 362 g/mol. The number of benzene rings is 1. The number of nitrogens with one attached hydrogen (secondary N) is 1. The minimum Gasteiger partial charge on any atom is -0.349 e. The number of imidazole rings is 1. The molecule has 1 aliphatic rings. The summed E-state index contributed by atoms with van der Waals surface area (Å²) in [7, 11) is 0. The molecule has 1 N–H and O–H groups in total. The Hall–Kier alpha value is -1.36. The van der Waals surface area contributed by atoms with Crippen LogP contribution in [0.4, 0.5) is 0 Å². The first kappa shape index (κ1) is 18.4. The van der Waals surface area contributed by atoms with Gasteiger partial charge in [-0.15, -0.1) is 0 Å². The average molecular weight is 363 g/mol. The van der Waals surface area contributed by atoms with Gasteiger partial charge in [0.15, 0.2) is 5.79 Å². The Labute approximate surface area is 154 Å². The van der Waals surface area contributed by atoms with Gasteiger partial charge in [-0.3, -0.25) is 0 Å². The fourth-order valence-corrected chi connectivity index (χ4v) is 3.39. The molecule has 1 aromatic carbocycles. The molecule has 136 valence electrons. The molecule has 1 saturated heterocycles. The molecule has 0 radical (unpaired) electrons. The third-order valence-corrected chi connectivity index (χ3v) is 5.02. The first-order valence-corrected chi connectivity index (χ1v) is 9.29. The number of hydrogen-bond donors (Lipinski definition) is 1. The second kappa shape index (κ2) is 7.48. The van der Waals surface area contributed by atoms with E-state index in [1.807, 2.05) is 18.3 Å². The van der Waals surface area contributed by atoms with Crippen molar-refractivity contribution in [3.05, 3.63) is 53.1 Å². The van der Waals surface area contributed by atoms with Crippen LogP contribution in [0.2, 0.25) is 5.02 Å². The topological polar surface area (TPSA) is 47.1 Å². The Bertz CT molecular complexity index is 664. The van der Waals surface area contributed by atoms with Crippen molar-refractivity contribution < 1.29 is 9.47 Å². The van der Waals surface area contributed by atoms with Crippen molar-refractivity contribution in [2.45, 2.75) is 58.3 Å². The van der Waals surface area contributed by atoms with Gasteiger partial charge < -0.3 is 14.5 Å². The number of halogens is 1. The maximum Gasteiger partial charge on any atom is 0.175 e. The lowest BCUT2D eigenvalue weighted by Crippen LogP contribution is -2.50. The van der Waals surface area contributed by atoms with E-state index < -0.39 is 5.79 Å². The molecular formula is C20H27ClN2O2. The largest absolute Gasteiger partial charge is 0.349 e. The van der Waals surface area contributed by atoms with E-state index in [2.05, 4.69) is 42.9 Å². The summed E-state index contributed by atoms with van der Waals surface area (Å²) in [6, 6.07) is 7.98. The molecule has 3 rings (SSSR count). The van der Waals surface area contributed by atoms with Crippen molar-refractivity contribution in [2.75, 3.05) is 6.61 Å². The predicted molar refractivity (Wildman–Crippen MR) is 99.7 cm³/mol. The lowest BCUT2D eigenvalue weighted by molar-refractivity contribution is -0.311. The van der Waals surface area contributed by atoms with Crippen molar-refractivity contribution in [2.24, 2.45) is 5.41 Å². The van der Waals surface area contributed by atoms with E-state index in [1.165, 1.54) is 5.56 Å². The van der Waals surface area contributed by atoms with Crippen molar-refractivity contribution in [3.8, 4) is 0 Å². The van der Waals surface area contributed by atoms with Gasteiger partial charge in [0.1, 0.15) is 5.82 Å². The van der Waals surface area contributed by atoms with Crippen LogP contribution in [0.1, 0.15) is 45.0 Å². The highest BCUT2D eigenvalue weighted by Crippen LogP contribution is 2.37. The molecule has 1 aromatic heterocycles. The van der Waals surface area contributed by atoms with Crippen molar-refractivity contribution >= 4 is 11.6 Å². The van der Waals surface area contributed by atoms with Crippen LogP contribution in [0.15, 0.2) is 36.7 Å². The van der Waals surface area contributed by atoms with Crippen LogP contribution in [0.3, 0.4) is 0 Å². The molecule has 1 fully saturated rings. The van der Waals surface area contributed by atoms with E-state index in [0.717, 1.165) is 30.1 Å². The Kier molecular flexibility index (Phi) is 5.52. The Balaban J connectivity index is 1.77. The smallest absolute Gasteiger partial charge is 0.175 e. The first-order chi connectivity index (χ1) is 11.9. The van der Waals surface area contributed by atoms with Crippen LogP contribution in [0.5, 0.6) is 0 Å². The van der Waals surface area contributed by atoms with Gasteiger partial charge in [0.25, 0.3) is 0 Å². The predicted octanol–water partition coefficient (Wildman–Crippen LogP) is 4.79. The fourth-order valence-electron chi connectivity index (χ4n) is 3.26. The number of nitrogens with zero attached hydrogens (tertiary/aromatic N) is 1. The SMILES string of the molecule is CC(C)(C)C1CCOC(CCc2ccc(Cl)cc2)(Cc2ncc[nH]2)O1. The molecule has 5 heteroatoms. The van der Waals surface area contributed by atoms with Gasteiger partial charge in [-0.1, -0.05) is 44.5 Å². The van der Waals surface area contributed by atoms with Gasteiger partial charge in [-0.25, -0.2) is 4.98 Å². The quantitative estimate of drug-likeness (QED) is 0.832. The number of aromatic nitrogens is 2. The molecule has 0 spiro atoms. The fraction of sp³-hybridized carbons (Fsp3) is 0.550. The molecule has 2 atom stereocenters. The zero-order valence-corrected chi connectivity index (χ0v) is 16.0. The summed E-state index contributed by atoms with van der Waals surface area (Å²) in [6.07, 6.45) is 6.97. The molecular weight excluding hydrogens is 336 g/mol. The summed E-state index contributed by atoms with van der Waals surface area (Å²) >= 11 is 5.99. The number of rotatable bonds is 5. The molecule has 2 unspecified atom stereocenters. The molecule has 2 aromatic rings. The van der Waals surface area contributed by atoms with Crippen LogP contribution in [-0.4, -0.2) is 28.5 Å². The van der Waals surface area contributed by atoms with Gasteiger partial charge >= 0.3 is 0 Å². The van der Waals surface area contributed by atoms with E-state index in [-0.39, 0.29) is 11.5 Å². The highest BCUT2D eigenvalue weighted by atomic mass is 35.5. The van der Waals surface area contributed by atoms with E-state index in [9.17, 15) is 0 Å². The molecule has 4 nitrogen and oxygen atoms in total. The minimum atomic E-state index is -0.645. The molecule has 0 bridgehead atoms. The van der Waals surface area contributed by atoms with Crippen molar-refractivity contribution in [1.82, 2.24) is 9.97 Å². The van der Waals surface area contributed by atoms with E-state index in [0.29, 0.717) is 13.0 Å².